The Kier molecular flexibility index (Phi) is 8.56. The van der Waals surface area contributed by atoms with Gasteiger partial charge in [0.2, 0.25) is 0 Å². The molecule has 0 spiro atoms. The van der Waals surface area contributed by atoms with Crippen molar-refractivity contribution in [3.63, 3.8) is 0 Å². The van der Waals surface area contributed by atoms with E-state index in [4.69, 9.17) is 0 Å². The van der Waals surface area contributed by atoms with Crippen molar-refractivity contribution in [3.8, 4) is 11.1 Å². The molecule has 2 aromatic rings. The molecule has 3 rings (SSSR count). The molecule has 0 saturated carbocycles. The van der Waals surface area contributed by atoms with Gasteiger partial charge in [-0.3, -0.25) is 14.4 Å². The number of likely N-dealkylation sites (N-methyl/N-ethyl adjacent to an activating group) is 1. The Morgan fingerprint density at radius 1 is 1.10 bits per heavy atom. The number of nitrogens with zero attached hydrogens (tertiary/aromatic N) is 1. The Balaban J connectivity index is 0.00000256. The molecule has 31 heavy (non-hydrogen) atoms. The van der Waals surface area contributed by atoms with Crippen molar-refractivity contribution in [2.75, 3.05) is 7.05 Å². The van der Waals surface area contributed by atoms with Crippen LogP contribution in [0, 0.1) is 0 Å². The van der Waals surface area contributed by atoms with Crippen LogP contribution in [-0.2, 0) is 14.4 Å². The molecule has 2 aromatic carbocycles. The van der Waals surface area contributed by atoms with Crippen molar-refractivity contribution < 1.29 is 55.3 Å². The Bertz CT molecular complexity index is 1020. The monoisotopic (exact) mass is 431 g/mol. The van der Waals surface area contributed by atoms with Crippen LogP contribution in [0.4, 0.5) is 4.79 Å². The minimum absolute atomic E-state index is 0. The first kappa shape index (κ1) is 24.3. The maximum absolute atomic E-state index is 12.5. The third-order valence-corrected chi connectivity index (χ3v) is 4.70. The summed E-state index contributed by atoms with van der Waals surface area (Å²) in [5.41, 5.74) is 2.41. The standard InChI is InChI=1S/C22H21N3O5.Na.H/c1-25-11-10-18(26)20(21(25)29)24-22(30)23-17(13-19(27)28)16-9-5-8-15(12-16)14-6-3-2-4-7-14;;/h2-12,17,20H,13H2,1H3,(H,27,28)(H2,23,24,30);;/q;+1;-1/t17-,20?;;/m0../s1. The average molecular weight is 431 g/mol. The summed E-state index contributed by atoms with van der Waals surface area (Å²) in [7, 11) is 1.47. The molecule has 0 aromatic heterocycles. The van der Waals surface area contributed by atoms with E-state index in [-0.39, 0.29) is 37.4 Å². The normalized spacial score (nSPS) is 16.3. The molecular formula is C22H22N3NaO5. The largest absolute Gasteiger partial charge is 1.00 e. The zero-order valence-electron chi connectivity index (χ0n) is 18.2. The van der Waals surface area contributed by atoms with Gasteiger partial charge >= 0.3 is 41.6 Å². The van der Waals surface area contributed by atoms with E-state index in [0.29, 0.717) is 5.56 Å². The zero-order valence-corrected chi connectivity index (χ0v) is 19.2. The fourth-order valence-electron chi connectivity index (χ4n) is 3.14. The quantitative estimate of drug-likeness (QED) is 0.410. The average Bonchev–Trinajstić information content (AvgIpc) is 2.74. The Morgan fingerprint density at radius 3 is 2.45 bits per heavy atom. The molecule has 3 N–H and O–H groups in total. The third-order valence-electron chi connectivity index (χ3n) is 4.70. The number of nitrogens with one attached hydrogen (secondary N) is 2. The van der Waals surface area contributed by atoms with E-state index in [0.717, 1.165) is 11.1 Å². The second-order valence-corrected chi connectivity index (χ2v) is 6.86. The van der Waals surface area contributed by atoms with Crippen molar-refractivity contribution in [2.45, 2.75) is 18.5 Å². The molecule has 0 bridgehead atoms. The van der Waals surface area contributed by atoms with Gasteiger partial charge in [0.05, 0.1) is 12.5 Å². The SMILES string of the molecule is CN1C=CC(=O)C(NC(=O)N[C@@H](CC(=O)O)c2cccc(-c3ccccc3)c2)C1=O.[H-].[Na+]. The van der Waals surface area contributed by atoms with Crippen LogP contribution in [0.5, 0.6) is 0 Å². The summed E-state index contributed by atoms with van der Waals surface area (Å²) in [4.78, 5) is 49.1. The molecule has 2 atom stereocenters. The van der Waals surface area contributed by atoms with Gasteiger partial charge in [0.25, 0.3) is 5.91 Å². The number of urea groups is 1. The molecule has 0 radical (unpaired) electrons. The van der Waals surface area contributed by atoms with E-state index in [1.165, 1.54) is 24.2 Å². The maximum atomic E-state index is 12.5. The molecule has 1 unspecified atom stereocenters. The predicted octanol–water partition coefficient (Wildman–Crippen LogP) is -0.791. The second kappa shape index (κ2) is 10.9. The van der Waals surface area contributed by atoms with Crippen LogP contribution in [0.25, 0.3) is 11.1 Å². The van der Waals surface area contributed by atoms with E-state index < -0.39 is 35.8 Å². The number of rotatable bonds is 6. The minimum Gasteiger partial charge on any atom is -1.00 e. The second-order valence-electron chi connectivity index (χ2n) is 6.86. The summed E-state index contributed by atoms with van der Waals surface area (Å²) in [5, 5.41) is 14.2. The molecule has 1 aliphatic heterocycles. The van der Waals surface area contributed by atoms with Crippen LogP contribution >= 0.6 is 0 Å². The number of carboxylic acids is 1. The number of hydrogen-bond acceptors (Lipinski definition) is 4. The van der Waals surface area contributed by atoms with E-state index >= 15 is 0 Å². The van der Waals surface area contributed by atoms with Gasteiger partial charge in [-0.2, -0.15) is 0 Å². The van der Waals surface area contributed by atoms with Crippen LogP contribution < -0.4 is 40.2 Å². The van der Waals surface area contributed by atoms with Gasteiger partial charge in [0.1, 0.15) is 0 Å². The number of carbonyl (C=O) groups is 4. The molecule has 1 heterocycles. The predicted molar refractivity (Wildman–Crippen MR) is 110 cm³/mol. The molecule has 9 heteroatoms. The van der Waals surface area contributed by atoms with E-state index in [2.05, 4.69) is 10.6 Å². The molecule has 0 saturated heterocycles. The number of carboxylic acid groups (broad SMARTS) is 1. The summed E-state index contributed by atoms with van der Waals surface area (Å²) >= 11 is 0. The van der Waals surface area contributed by atoms with Gasteiger partial charge in [-0.15, -0.1) is 0 Å². The van der Waals surface area contributed by atoms with Gasteiger partial charge in [-0.25, -0.2) is 4.79 Å². The van der Waals surface area contributed by atoms with Crippen LogP contribution in [0.1, 0.15) is 19.5 Å². The summed E-state index contributed by atoms with van der Waals surface area (Å²) in [5.74, 6) is -2.22. The molecule has 1 aliphatic rings. The Morgan fingerprint density at radius 2 is 1.77 bits per heavy atom. The Hall–Kier alpha value is -2.94. The number of amides is 3. The van der Waals surface area contributed by atoms with Crippen LogP contribution in [0.3, 0.4) is 0 Å². The number of benzene rings is 2. The topological polar surface area (TPSA) is 116 Å². The van der Waals surface area contributed by atoms with Crippen molar-refractivity contribution in [2.24, 2.45) is 0 Å². The van der Waals surface area contributed by atoms with Crippen LogP contribution in [0.15, 0.2) is 66.9 Å². The molecule has 156 valence electrons. The van der Waals surface area contributed by atoms with Gasteiger partial charge < -0.3 is 22.1 Å². The number of ketones is 1. The fourth-order valence-corrected chi connectivity index (χ4v) is 3.14. The van der Waals surface area contributed by atoms with Crippen molar-refractivity contribution >= 4 is 23.7 Å². The molecule has 0 fully saturated rings. The van der Waals surface area contributed by atoms with Gasteiger partial charge in [-0.05, 0) is 22.8 Å². The minimum atomic E-state index is -1.35. The summed E-state index contributed by atoms with van der Waals surface area (Å²) in [6.45, 7) is 0. The number of hydrogen-bond donors (Lipinski definition) is 3. The van der Waals surface area contributed by atoms with Gasteiger partial charge in [0.15, 0.2) is 11.8 Å². The van der Waals surface area contributed by atoms with Crippen molar-refractivity contribution in [3.05, 3.63) is 72.4 Å². The van der Waals surface area contributed by atoms with Crippen molar-refractivity contribution in [1.29, 1.82) is 0 Å². The first-order valence-corrected chi connectivity index (χ1v) is 9.28. The van der Waals surface area contributed by atoms with E-state index in [1.807, 2.05) is 36.4 Å². The van der Waals surface area contributed by atoms with E-state index in [9.17, 15) is 24.3 Å². The molecule has 3 amide bonds. The summed E-state index contributed by atoms with van der Waals surface area (Å²) in [6, 6.07) is 13.7. The van der Waals surface area contributed by atoms with Crippen molar-refractivity contribution in [1.82, 2.24) is 15.5 Å². The first-order chi connectivity index (χ1) is 14.3. The van der Waals surface area contributed by atoms with E-state index in [1.54, 1.807) is 18.2 Å². The van der Waals surface area contributed by atoms with Crippen LogP contribution in [-0.4, -0.2) is 46.8 Å². The number of carbonyl (C=O) groups excluding carboxylic acids is 3. The summed E-state index contributed by atoms with van der Waals surface area (Å²) < 4.78 is 0. The maximum Gasteiger partial charge on any atom is 1.00 e. The fraction of sp³-hybridized carbons (Fsp3) is 0.182. The van der Waals surface area contributed by atoms with Gasteiger partial charge in [-0.1, -0.05) is 48.5 Å². The molecular weight excluding hydrogens is 409 g/mol. The smallest absolute Gasteiger partial charge is 1.00 e. The molecule has 0 aliphatic carbocycles. The first-order valence-electron chi connectivity index (χ1n) is 9.28. The molecule has 8 nitrogen and oxygen atoms in total. The number of aliphatic carboxylic acids is 1. The zero-order chi connectivity index (χ0) is 21.7. The van der Waals surface area contributed by atoms with Gasteiger partial charge in [0, 0.05) is 19.3 Å². The Labute approximate surface area is 203 Å². The van der Waals surface area contributed by atoms with Crippen LogP contribution in [0.2, 0.25) is 0 Å². The third kappa shape index (κ3) is 6.27. The summed E-state index contributed by atoms with van der Waals surface area (Å²) in [6.07, 6.45) is 2.16.